The summed E-state index contributed by atoms with van der Waals surface area (Å²) in [5.41, 5.74) is 1.06. The Balaban J connectivity index is 1.26. The van der Waals surface area contributed by atoms with Gasteiger partial charge in [-0.2, -0.15) is 0 Å². The first-order valence-electron chi connectivity index (χ1n) is 15.2. The molecule has 12 nitrogen and oxygen atoms in total. The van der Waals surface area contributed by atoms with Crippen molar-refractivity contribution >= 4 is 33.4 Å². The molecule has 1 saturated carbocycles. The maximum atomic E-state index is 14.0. The number of carbonyl (C=O) groups is 3. The lowest BCUT2D eigenvalue weighted by Gasteiger charge is -2.25. The number of anilines is 1. The van der Waals surface area contributed by atoms with Crippen LogP contribution in [0.2, 0.25) is 0 Å². The smallest absolute Gasteiger partial charge is 0.258 e. The Hall–Kier alpha value is -4.85. The van der Waals surface area contributed by atoms with Crippen LogP contribution in [0.15, 0.2) is 66.7 Å². The van der Waals surface area contributed by atoms with Crippen molar-refractivity contribution in [2.45, 2.75) is 31.5 Å². The van der Waals surface area contributed by atoms with Crippen molar-refractivity contribution in [3.05, 3.63) is 83.7 Å². The van der Waals surface area contributed by atoms with E-state index in [9.17, 15) is 27.2 Å². The molecule has 0 aromatic heterocycles. The van der Waals surface area contributed by atoms with E-state index in [0.717, 1.165) is 35.0 Å². The minimum absolute atomic E-state index is 0.0175. The zero-order chi connectivity index (χ0) is 33.1. The summed E-state index contributed by atoms with van der Waals surface area (Å²) in [4.78, 5) is 41.1. The van der Waals surface area contributed by atoms with Gasteiger partial charge in [0.1, 0.15) is 35.7 Å². The average molecular weight is 667 g/mol. The molecular formula is C33H35FN4O8S. The van der Waals surface area contributed by atoms with Crippen LogP contribution in [-0.2, 0) is 26.2 Å². The van der Waals surface area contributed by atoms with Crippen molar-refractivity contribution < 1.29 is 41.4 Å². The normalized spacial score (nSPS) is 19.8. The van der Waals surface area contributed by atoms with E-state index in [1.165, 1.54) is 29.2 Å². The summed E-state index contributed by atoms with van der Waals surface area (Å²) in [5, 5.41) is 5.77. The molecule has 3 aliphatic heterocycles. The molecule has 47 heavy (non-hydrogen) atoms. The monoisotopic (exact) mass is 666 g/mol. The molecule has 0 spiro atoms. The average Bonchev–Trinajstić information content (AvgIpc) is 3.79. The van der Waals surface area contributed by atoms with Gasteiger partial charge in [0.25, 0.3) is 11.8 Å². The van der Waals surface area contributed by atoms with Crippen LogP contribution in [0.25, 0.3) is 0 Å². The highest BCUT2D eigenvalue weighted by atomic mass is 32.2. The molecule has 248 valence electrons. The summed E-state index contributed by atoms with van der Waals surface area (Å²) in [6.45, 7) is -0.0188. The summed E-state index contributed by atoms with van der Waals surface area (Å²) < 4.78 is 58.0. The fourth-order valence-corrected chi connectivity index (χ4v) is 6.21. The predicted octanol–water partition coefficient (Wildman–Crippen LogP) is 2.48. The number of rotatable bonds is 7. The number of benzene rings is 3. The van der Waals surface area contributed by atoms with Gasteiger partial charge in [-0.25, -0.2) is 12.8 Å². The van der Waals surface area contributed by atoms with Gasteiger partial charge in [-0.05, 0) is 66.8 Å². The molecule has 3 aromatic rings. The molecule has 1 saturated heterocycles. The Morgan fingerprint density at radius 2 is 1.83 bits per heavy atom. The molecule has 0 radical (unpaired) electrons. The number of ether oxygens (including phenoxy) is 3. The number of hydrogen-bond acceptors (Lipinski definition) is 8. The molecular weight excluding hydrogens is 631 g/mol. The lowest BCUT2D eigenvalue weighted by Crippen LogP contribution is -2.45. The lowest BCUT2D eigenvalue weighted by molar-refractivity contribution is -0.128. The van der Waals surface area contributed by atoms with Crippen LogP contribution in [-0.4, -0.2) is 82.3 Å². The minimum atomic E-state index is -3.95. The first kappa shape index (κ1) is 32.1. The van der Waals surface area contributed by atoms with E-state index >= 15 is 0 Å². The van der Waals surface area contributed by atoms with Gasteiger partial charge in [-0.15, -0.1) is 0 Å². The second-order valence-corrected chi connectivity index (χ2v) is 13.8. The summed E-state index contributed by atoms with van der Waals surface area (Å²) in [6.07, 6.45) is 2.40. The molecule has 1 aliphatic carbocycles. The van der Waals surface area contributed by atoms with Gasteiger partial charge in [0.2, 0.25) is 15.9 Å². The van der Waals surface area contributed by atoms with Crippen molar-refractivity contribution in [2.75, 3.05) is 43.4 Å². The number of fused-ring (bicyclic) bond motifs is 7. The minimum Gasteiger partial charge on any atom is -0.493 e. The quantitative estimate of drug-likeness (QED) is 0.392. The van der Waals surface area contributed by atoms with Crippen LogP contribution in [0.4, 0.5) is 10.1 Å². The van der Waals surface area contributed by atoms with Crippen LogP contribution in [0.3, 0.4) is 0 Å². The van der Waals surface area contributed by atoms with E-state index < -0.39 is 46.3 Å². The van der Waals surface area contributed by atoms with Crippen LogP contribution in [0.5, 0.6) is 17.2 Å². The highest BCUT2D eigenvalue weighted by Gasteiger charge is 2.39. The van der Waals surface area contributed by atoms with E-state index in [1.807, 2.05) is 0 Å². The number of hydrogen-bond donors (Lipinski definition) is 2. The predicted molar refractivity (Wildman–Crippen MR) is 169 cm³/mol. The summed E-state index contributed by atoms with van der Waals surface area (Å²) >= 11 is 0. The van der Waals surface area contributed by atoms with Crippen LogP contribution >= 0.6 is 0 Å². The first-order chi connectivity index (χ1) is 22.5. The fraction of sp³-hybridized carbons (Fsp3) is 0.364. The zero-order valence-electron chi connectivity index (χ0n) is 25.7. The summed E-state index contributed by atoms with van der Waals surface area (Å²) in [5.74, 6) is -0.380. The molecule has 4 aliphatic rings. The number of amides is 3. The van der Waals surface area contributed by atoms with E-state index in [-0.39, 0.29) is 49.1 Å². The van der Waals surface area contributed by atoms with E-state index in [2.05, 4.69) is 10.6 Å². The van der Waals surface area contributed by atoms with Gasteiger partial charge in [0.05, 0.1) is 31.1 Å². The molecule has 2 fully saturated rings. The number of halogens is 1. The molecule has 3 amide bonds. The number of nitrogens with zero attached hydrogens (tertiary/aromatic N) is 2. The third-order valence-electron chi connectivity index (χ3n) is 8.11. The van der Waals surface area contributed by atoms with E-state index in [1.54, 1.807) is 36.4 Å². The Morgan fingerprint density at radius 3 is 2.55 bits per heavy atom. The number of carbonyl (C=O) groups excluding carboxylic acids is 3. The van der Waals surface area contributed by atoms with Gasteiger partial charge in [-0.3, -0.25) is 18.7 Å². The third kappa shape index (κ3) is 8.30. The van der Waals surface area contributed by atoms with E-state index in [0.29, 0.717) is 24.0 Å². The maximum Gasteiger partial charge on any atom is 0.258 e. The Bertz CT molecular complexity index is 1770. The van der Waals surface area contributed by atoms with Crippen molar-refractivity contribution in [1.82, 2.24) is 15.5 Å². The van der Waals surface area contributed by atoms with Gasteiger partial charge < -0.3 is 29.7 Å². The lowest BCUT2D eigenvalue weighted by atomic mass is 10.1. The maximum absolute atomic E-state index is 14.0. The second kappa shape index (κ2) is 13.5. The van der Waals surface area contributed by atoms with Crippen molar-refractivity contribution in [3.63, 3.8) is 0 Å². The molecule has 2 N–H and O–H groups in total. The molecule has 7 rings (SSSR count). The fourth-order valence-electron chi connectivity index (χ4n) is 5.37. The second-order valence-electron chi connectivity index (χ2n) is 11.9. The number of sulfonamides is 1. The molecule has 4 bridgehead atoms. The largest absolute Gasteiger partial charge is 0.493 e. The molecule has 3 heterocycles. The van der Waals surface area contributed by atoms with Crippen LogP contribution < -0.4 is 29.1 Å². The van der Waals surface area contributed by atoms with Crippen molar-refractivity contribution in [3.8, 4) is 17.2 Å². The third-order valence-corrected chi connectivity index (χ3v) is 9.25. The Morgan fingerprint density at radius 1 is 1.04 bits per heavy atom. The molecule has 14 heteroatoms. The number of nitrogens with one attached hydrogen (secondary N) is 2. The molecule has 3 aromatic carbocycles. The van der Waals surface area contributed by atoms with Gasteiger partial charge >= 0.3 is 0 Å². The first-order valence-corrected chi connectivity index (χ1v) is 17.1. The highest BCUT2D eigenvalue weighted by molar-refractivity contribution is 7.92. The SMILES string of the molecule is CS(=O)(=O)N(CC(=O)N1C[C@@H]2NC(=O)c3cc(cc(OCC4CC4)c3)OCC(=O)NCc3ccc(cc3)O[C@H]2C1)c1cccc(F)c1. The van der Waals surface area contributed by atoms with E-state index in [4.69, 9.17) is 14.2 Å². The summed E-state index contributed by atoms with van der Waals surface area (Å²) in [7, 11) is -3.95. The van der Waals surface area contributed by atoms with Gasteiger partial charge in [0, 0.05) is 24.7 Å². The van der Waals surface area contributed by atoms with Crippen LogP contribution in [0, 0.1) is 11.7 Å². The van der Waals surface area contributed by atoms with Crippen molar-refractivity contribution in [1.29, 1.82) is 0 Å². The van der Waals surface area contributed by atoms with Gasteiger partial charge in [0.15, 0.2) is 6.61 Å². The molecule has 2 atom stereocenters. The Labute approximate surface area is 271 Å². The highest BCUT2D eigenvalue weighted by Crippen LogP contribution is 2.31. The molecule has 0 unspecified atom stereocenters. The van der Waals surface area contributed by atoms with Crippen molar-refractivity contribution in [2.24, 2.45) is 5.92 Å². The summed E-state index contributed by atoms with van der Waals surface area (Å²) in [6, 6.07) is 16.1. The standard InChI is InChI=1S/C33H35FN4O8S/c1-47(42,43)38(25-4-2-3-24(34)13-25)18-32(40)37-16-29-30(17-37)46-26-9-7-21(8-10-26)15-35-31(39)20-45-28-12-23(33(41)36-29)11-27(14-28)44-19-22-5-6-22/h2-4,7-14,22,29-30H,5-6,15-20H2,1H3,(H,35,39)(H,36,41)/t29-,30-/m0/s1. The topological polar surface area (TPSA) is 144 Å². The van der Waals surface area contributed by atoms with Gasteiger partial charge in [-0.1, -0.05) is 18.2 Å². The zero-order valence-corrected chi connectivity index (χ0v) is 26.5. The van der Waals surface area contributed by atoms with Crippen LogP contribution in [0.1, 0.15) is 28.8 Å². The Kier molecular flexibility index (Phi) is 9.21. The number of likely N-dealkylation sites (tertiary alicyclic amines) is 1.